The van der Waals surface area contributed by atoms with Crippen molar-refractivity contribution in [2.45, 2.75) is 6.42 Å². The number of fused-ring (bicyclic) bond motifs is 1. The molecule has 0 saturated carbocycles. The highest BCUT2D eigenvalue weighted by molar-refractivity contribution is 9.10. The van der Waals surface area contributed by atoms with E-state index in [0.29, 0.717) is 23.9 Å². The lowest BCUT2D eigenvalue weighted by molar-refractivity contribution is 0.0795. The number of aromatic amines is 1. The van der Waals surface area contributed by atoms with Gasteiger partial charge in [0.15, 0.2) is 5.75 Å². The number of aromatic hydroxyl groups is 1. The summed E-state index contributed by atoms with van der Waals surface area (Å²) in [5.74, 6) is -0.923. The molecule has 0 aliphatic carbocycles. The lowest BCUT2D eigenvalue weighted by Gasteiger charge is -2.19. The molecule has 3 rings (SSSR count). The largest absolute Gasteiger partial charge is 0.502 e. The summed E-state index contributed by atoms with van der Waals surface area (Å²) >= 11 is 3.43. The molecule has 2 aromatic carbocycles. The molecule has 0 bridgehead atoms. The first-order chi connectivity index (χ1) is 12.0. The molecule has 1 amide bonds. The van der Waals surface area contributed by atoms with Crippen LogP contribution >= 0.6 is 15.9 Å². The number of pyridine rings is 1. The van der Waals surface area contributed by atoms with E-state index in [-0.39, 0.29) is 11.5 Å². The molecule has 5 nitrogen and oxygen atoms in total. The van der Waals surface area contributed by atoms with Crippen LogP contribution in [0.1, 0.15) is 15.9 Å². The zero-order valence-electron chi connectivity index (χ0n) is 13.6. The molecule has 6 heteroatoms. The molecule has 3 aromatic rings. The molecule has 0 unspecified atom stereocenters. The average Bonchev–Trinajstić information content (AvgIpc) is 2.60. The van der Waals surface area contributed by atoms with Crippen LogP contribution in [0.3, 0.4) is 0 Å². The molecule has 1 heterocycles. The highest BCUT2D eigenvalue weighted by atomic mass is 79.9. The summed E-state index contributed by atoms with van der Waals surface area (Å²) in [6, 6.07) is 14.8. The number of halogens is 1. The number of para-hydroxylation sites is 1. The Kier molecular flexibility index (Phi) is 4.90. The summed E-state index contributed by atoms with van der Waals surface area (Å²) < 4.78 is 0.984. The summed E-state index contributed by atoms with van der Waals surface area (Å²) in [6.45, 7) is 0.468. The Labute approximate surface area is 153 Å². The van der Waals surface area contributed by atoms with Gasteiger partial charge in [-0.1, -0.05) is 46.3 Å². The van der Waals surface area contributed by atoms with Crippen molar-refractivity contribution in [3.8, 4) is 5.75 Å². The van der Waals surface area contributed by atoms with E-state index in [4.69, 9.17) is 0 Å². The predicted molar refractivity (Wildman–Crippen MR) is 101 cm³/mol. The van der Waals surface area contributed by atoms with E-state index in [1.165, 1.54) is 4.90 Å². The highest BCUT2D eigenvalue weighted by Crippen LogP contribution is 2.23. The first-order valence-electron chi connectivity index (χ1n) is 7.81. The van der Waals surface area contributed by atoms with Gasteiger partial charge >= 0.3 is 0 Å². The molecular weight excluding hydrogens is 384 g/mol. The van der Waals surface area contributed by atoms with Crippen LogP contribution in [0.2, 0.25) is 0 Å². The van der Waals surface area contributed by atoms with Gasteiger partial charge in [-0.25, -0.2) is 0 Å². The van der Waals surface area contributed by atoms with Gasteiger partial charge in [-0.2, -0.15) is 0 Å². The van der Waals surface area contributed by atoms with Crippen LogP contribution in [-0.2, 0) is 6.42 Å². The summed E-state index contributed by atoms with van der Waals surface area (Å²) in [5.41, 5.74) is 0.988. The minimum Gasteiger partial charge on any atom is -0.502 e. The van der Waals surface area contributed by atoms with Gasteiger partial charge in [0, 0.05) is 29.0 Å². The number of amides is 1. The van der Waals surface area contributed by atoms with Gasteiger partial charge in [0.1, 0.15) is 0 Å². The Balaban J connectivity index is 1.89. The van der Waals surface area contributed by atoms with Crippen LogP contribution in [0.15, 0.2) is 57.8 Å². The van der Waals surface area contributed by atoms with Crippen LogP contribution in [0.5, 0.6) is 5.75 Å². The van der Waals surface area contributed by atoms with E-state index in [1.54, 1.807) is 31.3 Å². The second-order valence-electron chi connectivity index (χ2n) is 5.83. The molecule has 0 spiro atoms. The Bertz CT molecular complexity index is 997. The van der Waals surface area contributed by atoms with E-state index in [1.807, 2.05) is 24.3 Å². The zero-order valence-corrected chi connectivity index (χ0v) is 15.2. The van der Waals surface area contributed by atoms with Crippen molar-refractivity contribution in [2.24, 2.45) is 0 Å². The number of carbonyl (C=O) groups excluding carboxylic acids is 1. The SMILES string of the molecule is CN(CCc1cccc(Br)c1)C(=O)c1c(O)c(=O)[nH]c2ccccc12. The maximum Gasteiger partial charge on any atom is 0.291 e. The molecule has 2 N–H and O–H groups in total. The number of nitrogens with one attached hydrogen (secondary N) is 1. The topological polar surface area (TPSA) is 73.4 Å². The summed E-state index contributed by atoms with van der Waals surface area (Å²) in [5, 5.41) is 10.7. The minimum atomic E-state index is -0.664. The van der Waals surface area contributed by atoms with E-state index >= 15 is 0 Å². The number of H-pyrrole nitrogens is 1. The Hall–Kier alpha value is -2.60. The molecule has 0 aliphatic rings. The molecule has 1 aromatic heterocycles. The third kappa shape index (κ3) is 3.58. The number of hydrogen-bond acceptors (Lipinski definition) is 3. The number of nitrogens with zero attached hydrogens (tertiary/aromatic N) is 1. The van der Waals surface area contributed by atoms with Crippen molar-refractivity contribution in [1.82, 2.24) is 9.88 Å². The lowest BCUT2D eigenvalue weighted by atomic mass is 10.1. The summed E-state index contributed by atoms with van der Waals surface area (Å²) in [4.78, 5) is 28.8. The number of benzene rings is 2. The number of carbonyl (C=O) groups is 1. The van der Waals surface area contributed by atoms with Crippen LogP contribution < -0.4 is 5.56 Å². The van der Waals surface area contributed by atoms with Gasteiger partial charge in [0.2, 0.25) is 0 Å². The average molecular weight is 401 g/mol. The summed E-state index contributed by atoms with van der Waals surface area (Å²) in [7, 11) is 1.66. The monoisotopic (exact) mass is 400 g/mol. The number of likely N-dealkylation sites (N-methyl/N-ethyl adjacent to an activating group) is 1. The molecule has 0 radical (unpaired) electrons. The second kappa shape index (κ2) is 7.11. The first-order valence-corrected chi connectivity index (χ1v) is 8.60. The first kappa shape index (κ1) is 17.2. The standard InChI is InChI=1S/C19H17BrN2O3/c1-22(10-9-12-5-4-6-13(20)11-12)19(25)16-14-7-2-3-8-15(14)21-18(24)17(16)23/h2-8,11,23H,9-10H2,1H3,(H,21,24). The molecule has 0 saturated heterocycles. The third-order valence-electron chi connectivity index (χ3n) is 4.08. The maximum atomic E-state index is 12.8. The van der Waals surface area contributed by atoms with E-state index < -0.39 is 11.3 Å². The Morgan fingerprint density at radius 1 is 1.20 bits per heavy atom. The van der Waals surface area contributed by atoms with Crippen molar-refractivity contribution in [3.05, 3.63) is 74.5 Å². The lowest BCUT2D eigenvalue weighted by Crippen LogP contribution is -2.30. The fourth-order valence-corrected chi connectivity index (χ4v) is 3.18. The van der Waals surface area contributed by atoms with Gasteiger partial charge in [-0.05, 0) is 30.2 Å². The maximum absolute atomic E-state index is 12.8. The molecule has 128 valence electrons. The number of aromatic nitrogens is 1. The van der Waals surface area contributed by atoms with E-state index in [0.717, 1.165) is 10.0 Å². The van der Waals surface area contributed by atoms with Crippen molar-refractivity contribution >= 4 is 32.7 Å². The predicted octanol–water partition coefficient (Wildman–Crippen LogP) is 3.31. The van der Waals surface area contributed by atoms with Crippen LogP contribution in [0.4, 0.5) is 0 Å². The van der Waals surface area contributed by atoms with Crippen LogP contribution in [0, 0.1) is 0 Å². The van der Waals surface area contributed by atoms with Gasteiger partial charge < -0.3 is 15.0 Å². The molecule has 0 fully saturated rings. The zero-order chi connectivity index (χ0) is 18.0. The Morgan fingerprint density at radius 3 is 2.72 bits per heavy atom. The second-order valence-corrected chi connectivity index (χ2v) is 6.75. The van der Waals surface area contributed by atoms with Gasteiger partial charge in [-0.3, -0.25) is 9.59 Å². The van der Waals surface area contributed by atoms with Gasteiger partial charge in [-0.15, -0.1) is 0 Å². The number of hydrogen-bond donors (Lipinski definition) is 2. The normalized spacial score (nSPS) is 10.8. The van der Waals surface area contributed by atoms with Crippen molar-refractivity contribution in [3.63, 3.8) is 0 Å². The molecule has 0 atom stereocenters. The van der Waals surface area contributed by atoms with Gasteiger partial charge in [0.25, 0.3) is 11.5 Å². The molecule has 25 heavy (non-hydrogen) atoms. The van der Waals surface area contributed by atoms with E-state index in [9.17, 15) is 14.7 Å². The highest BCUT2D eigenvalue weighted by Gasteiger charge is 2.21. The van der Waals surface area contributed by atoms with Crippen LogP contribution in [0.25, 0.3) is 10.9 Å². The summed E-state index contributed by atoms with van der Waals surface area (Å²) in [6.07, 6.45) is 0.670. The van der Waals surface area contributed by atoms with E-state index in [2.05, 4.69) is 20.9 Å². The van der Waals surface area contributed by atoms with Crippen molar-refractivity contribution in [2.75, 3.05) is 13.6 Å². The number of rotatable bonds is 4. The van der Waals surface area contributed by atoms with Crippen LogP contribution in [-0.4, -0.2) is 34.5 Å². The quantitative estimate of drug-likeness (QED) is 0.705. The van der Waals surface area contributed by atoms with Gasteiger partial charge in [0.05, 0.1) is 5.56 Å². The van der Waals surface area contributed by atoms with Crippen molar-refractivity contribution < 1.29 is 9.90 Å². The van der Waals surface area contributed by atoms with Crippen molar-refractivity contribution in [1.29, 1.82) is 0 Å². The smallest absolute Gasteiger partial charge is 0.291 e. The fourth-order valence-electron chi connectivity index (χ4n) is 2.73. The minimum absolute atomic E-state index is 0.0380. The molecular formula is C19H17BrN2O3. The third-order valence-corrected chi connectivity index (χ3v) is 4.58. The Morgan fingerprint density at radius 2 is 1.96 bits per heavy atom. The fraction of sp³-hybridized carbons (Fsp3) is 0.158. The molecule has 0 aliphatic heterocycles.